The van der Waals surface area contributed by atoms with E-state index in [1.54, 1.807) is 13.8 Å². The van der Waals surface area contributed by atoms with Crippen molar-refractivity contribution in [2.24, 2.45) is 0 Å². The summed E-state index contributed by atoms with van der Waals surface area (Å²) >= 11 is 0. The average Bonchev–Trinajstić information content (AvgIpc) is 1.79. The average molecular weight is 148 g/mol. The lowest BCUT2D eigenvalue weighted by molar-refractivity contribution is 0.0310. The van der Waals surface area contributed by atoms with Crippen molar-refractivity contribution in [3.05, 3.63) is 0 Å². The Morgan fingerprint density at radius 1 is 1.20 bits per heavy atom. The minimum atomic E-state index is -0.408. The van der Waals surface area contributed by atoms with Gasteiger partial charge in [0.05, 0.1) is 18.8 Å². The molecule has 0 aromatic rings. The molecule has 0 spiro atoms. The Bertz CT molecular complexity index is 61.3. The van der Waals surface area contributed by atoms with E-state index < -0.39 is 6.10 Å². The molecule has 0 bridgehead atoms. The first-order chi connectivity index (χ1) is 4.63. The molecule has 0 saturated heterocycles. The van der Waals surface area contributed by atoms with Crippen molar-refractivity contribution >= 4 is 0 Å². The normalized spacial score (nSPS) is 16.8. The summed E-state index contributed by atoms with van der Waals surface area (Å²) < 4.78 is 5.00. The van der Waals surface area contributed by atoms with E-state index in [0.29, 0.717) is 19.6 Å². The van der Waals surface area contributed by atoms with Gasteiger partial charge in [-0.1, -0.05) is 0 Å². The van der Waals surface area contributed by atoms with E-state index in [9.17, 15) is 0 Å². The van der Waals surface area contributed by atoms with Crippen molar-refractivity contribution in [3.8, 4) is 0 Å². The van der Waals surface area contributed by atoms with Crippen molar-refractivity contribution < 1.29 is 14.9 Å². The van der Waals surface area contributed by atoms with Crippen LogP contribution in [0.5, 0.6) is 0 Å². The Labute approximate surface area is 61.6 Å². The fourth-order valence-electron chi connectivity index (χ4n) is 0.508. The second kappa shape index (κ2) is 5.65. The quantitative estimate of drug-likeness (QED) is 0.546. The number of hydrogen-bond donors (Lipinski definition) is 2. The standard InChI is InChI=1S/C7H16O3/c1-6(8)3-4-10-5-7(2)9/h6-9H,3-5H2,1-2H3. The Morgan fingerprint density at radius 3 is 2.20 bits per heavy atom. The predicted octanol–water partition coefficient (Wildman–Crippen LogP) is 0.155. The zero-order valence-corrected chi connectivity index (χ0v) is 6.58. The van der Waals surface area contributed by atoms with Gasteiger partial charge in [-0.25, -0.2) is 0 Å². The van der Waals surface area contributed by atoms with E-state index in [1.165, 1.54) is 0 Å². The first-order valence-electron chi connectivity index (χ1n) is 3.56. The van der Waals surface area contributed by atoms with Crippen molar-refractivity contribution in [1.29, 1.82) is 0 Å². The highest BCUT2D eigenvalue weighted by molar-refractivity contribution is 4.46. The summed E-state index contributed by atoms with van der Waals surface area (Å²) in [6.07, 6.45) is -0.0878. The summed E-state index contributed by atoms with van der Waals surface area (Å²) in [4.78, 5) is 0. The van der Waals surface area contributed by atoms with Crippen LogP contribution in [0.2, 0.25) is 0 Å². The Balaban J connectivity index is 2.91. The summed E-state index contributed by atoms with van der Waals surface area (Å²) in [6, 6.07) is 0. The number of aliphatic hydroxyl groups is 2. The summed E-state index contributed by atoms with van der Waals surface area (Å²) in [7, 11) is 0. The van der Waals surface area contributed by atoms with Gasteiger partial charge in [0, 0.05) is 6.61 Å². The Morgan fingerprint density at radius 2 is 1.80 bits per heavy atom. The topological polar surface area (TPSA) is 49.7 Å². The molecule has 0 aliphatic rings. The van der Waals surface area contributed by atoms with Gasteiger partial charge in [0.25, 0.3) is 0 Å². The summed E-state index contributed by atoms with van der Waals surface area (Å²) in [5, 5.41) is 17.5. The van der Waals surface area contributed by atoms with Crippen LogP contribution in [0.15, 0.2) is 0 Å². The van der Waals surface area contributed by atoms with E-state index >= 15 is 0 Å². The first kappa shape index (κ1) is 9.88. The molecular formula is C7H16O3. The van der Waals surface area contributed by atoms with Crippen LogP contribution in [-0.4, -0.2) is 35.6 Å². The molecule has 2 atom stereocenters. The maximum atomic E-state index is 8.78. The van der Waals surface area contributed by atoms with Crippen LogP contribution in [0.4, 0.5) is 0 Å². The minimum Gasteiger partial charge on any atom is -0.393 e. The number of ether oxygens (including phenoxy) is 1. The molecule has 2 unspecified atom stereocenters. The molecule has 0 fully saturated rings. The molecule has 10 heavy (non-hydrogen) atoms. The highest BCUT2D eigenvalue weighted by Crippen LogP contribution is 1.91. The molecule has 0 amide bonds. The Hall–Kier alpha value is -0.120. The van der Waals surface area contributed by atoms with Gasteiger partial charge in [-0.05, 0) is 20.3 Å². The lowest BCUT2D eigenvalue weighted by Crippen LogP contribution is -2.13. The van der Waals surface area contributed by atoms with Crippen LogP contribution in [0.1, 0.15) is 20.3 Å². The zero-order valence-electron chi connectivity index (χ0n) is 6.58. The van der Waals surface area contributed by atoms with Crippen LogP contribution < -0.4 is 0 Å². The van der Waals surface area contributed by atoms with Gasteiger partial charge in [0.1, 0.15) is 0 Å². The molecule has 0 rings (SSSR count). The smallest absolute Gasteiger partial charge is 0.0745 e. The van der Waals surface area contributed by atoms with Crippen LogP contribution in [0.25, 0.3) is 0 Å². The lowest BCUT2D eigenvalue weighted by atomic mass is 10.3. The maximum Gasteiger partial charge on any atom is 0.0745 e. The van der Waals surface area contributed by atoms with Gasteiger partial charge in [0.2, 0.25) is 0 Å². The molecule has 3 heteroatoms. The molecule has 0 radical (unpaired) electrons. The van der Waals surface area contributed by atoms with Crippen molar-refractivity contribution in [2.75, 3.05) is 13.2 Å². The van der Waals surface area contributed by atoms with E-state index in [4.69, 9.17) is 14.9 Å². The van der Waals surface area contributed by atoms with Crippen LogP contribution in [0.3, 0.4) is 0 Å². The summed E-state index contributed by atoms with van der Waals surface area (Å²) in [6.45, 7) is 4.25. The minimum absolute atomic E-state index is 0.311. The zero-order chi connectivity index (χ0) is 7.98. The molecular weight excluding hydrogens is 132 g/mol. The molecule has 0 aromatic heterocycles. The highest BCUT2D eigenvalue weighted by Gasteiger charge is 1.97. The molecule has 0 saturated carbocycles. The van der Waals surface area contributed by atoms with Gasteiger partial charge in [-0.2, -0.15) is 0 Å². The highest BCUT2D eigenvalue weighted by atomic mass is 16.5. The third-order valence-electron chi connectivity index (χ3n) is 1.04. The summed E-state index contributed by atoms with van der Waals surface area (Å²) in [5.74, 6) is 0. The Kier molecular flexibility index (Phi) is 5.58. The molecule has 2 N–H and O–H groups in total. The van der Waals surface area contributed by atoms with Crippen LogP contribution >= 0.6 is 0 Å². The van der Waals surface area contributed by atoms with Gasteiger partial charge in [-0.15, -0.1) is 0 Å². The van der Waals surface area contributed by atoms with E-state index in [-0.39, 0.29) is 6.10 Å². The lowest BCUT2D eigenvalue weighted by Gasteiger charge is -2.06. The SMILES string of the molecule is CC(O)CCOCC(C)O. The molecule has 0 aliphatic carbocycles. The fraction of sp³-hybridized carbons (Fsp3) is 1.00. The molecule has 3 nitrogen and oxygen atoms in total. The second-order valence-electron chi connectivity index (χ2n) is 2.56. The molecule has 0 aromatic carbocycles. The predicted molar refractivity (Wildman–Crippen MR) is 38.8 cm³/mol. The first-order valence-corrected chi connectivity index (χ1v) is 3.56. The van der Waals surface area contributed by atoms with Gasteiger partial charge >= 0.3 is 0 Å². The van der Waals surface area contributed by atoms with Crippen LogP contribution in [-0.2, 0) is 4.74 Å². The maximum absolute atomic E-state index is 8.78. The van der Waals surface area contributed by atoms with Crippen LogP contribution in [0, 0.1) is 0 Å². The van der Waals surface area contributed by atoms with Gasteiger partial charge in [-0.3, -0.25) is 0 Å². The molecule has 62 valence electrons. The third-order valence-corrected chi connectivity index (χ3v) is 1.04. The van der Waals surface area contributed by atoms with E-state index in [0.717, 1.165) is 0 Å². The molecule has 0 aliphatic heterocycles. The van der Waals surface area contributed by atoms with Gasteiger partial charge < -0.3 is 14.9 Å². The van der Waals surface area contributed by atoms with Crippen molar-refractivity contribution in [2.45, 2.75) is 32.5 Å². The monoisotopic (exact) mass is 148 g/mol. The molecule has 0 heterocycles. The number of aliphatic hydroxyl groups excluding tert-OH is 2. The number of hydrogen-bond acceptors (Lipinski definition) is 3. The largest absolute Gasteiger partial charge is 0.393 e. The van der Waals surface area contributed by atoms with Crippen molar-refractivity contribution in [1.82, 2.24) is 0 Å². The second-order valence-corrected chi connectivity index (χ2v) is 2.56. The van der Waals surface area contributed by atoms with Crippen molar-refractivity contribution in [3.63, 3.8) is 0 Å². The third kappa shape index (κ3) is 7.88. The van der Waals surface area contributed by atoms with E-state index in [1.807, 2.05) is 0 Å². The summed E-state index contributed by atoms with van der Waals surface area (Å²) in [5.41, 5.74) is 0. The number of rotatable bonds is 5. The van der Waals surface area contributed by atoms with Gasteiger partial charge in [0.15, 0.2) is 0 Å². The van der Waals surface area contributed by atoms with E-state index in [2.05, 4.69) is 0 Å². The fourth-order valence-corrected chi connectivity index (χ4v) is 0.508.